The molecule has 0 amide bonds. The van der Waals surface area contributed by atoms with Crippen molar-refractivity contribution >= 4 is 21.6 Å². The number of piperidine rings is 1. The molecule has 4 rings (SSSR count). The van der Waals surface area contributed by atoms with Crippen molar-refractivity contribution in [3.8, 4) is 5.13 Å². The minimum Gasteiger partial charge on any atom is -0.298 e. The van der Waals surface area contributed by atoms with Crippen LogP contribution in [0, 0.1) is 6.92 Å². The fourth-order valence-electron chi connectivity index (χ4n) is 3.20. The molecule has 0 N–H and O–H groups in total. The SMILES string of the molecule is Cc1ccc2nc(-n3cccc3CN3CCCCC3)sc2c1. The first-order valence-corrected chi connectivity index (χ1v) is 8.87. The summed E-state index contributed by atoms with van der Waals surface area (Å²) in [7, 11) is 0. The lowest BCUT2D eigenvalue weighted by molar-refractivity contribution is 0.217. The van der Waals surface area contributed by atoms with Crippen LogP contribution in [0.4, 0.5) is 0 Å². The Bertz CT molecular complexity index is 781. The lowest BCUT2D eigenvalue weighted by Crippen LogP contribution is -2.29. The third kappa shape index (κ3) is 2.69. The van der Waals surface area contributed by atoms with Gasteiger partial charge < -0.3 is 0 Å². The zero-order chi connectivity index (χ0) is 14.9. The summed E-state index contributed by atoms with van der Waals surface area (Å²) in [6.07, 6.45) is 6.20. The van der Waals surface area contributed by atoms with Crippen molar-refractivity contribution in [3.63, 3.8) is 0 Å². The molecule has 2 aromatic heterocycles. The highest BCUT2D eigenvalue weighted by atomic mass is 32.1. The maximum atomic E-state index is 4.81. The van der Waals surface area contributed by atoms with Gasteiger partial charge in [-0.3, -0.25) is 9.47 Å². The van der Waals surface area contributed by atoms with Crippen molar-refractivity contribution in [2.75, 3.05) is 13.1 Å². The number of benzene rings is 1. The van der Waals surface area contributed by atoms with Crippen LogP contribution >= 0.6 is 11.3 Å². The van der Waals surface area contributed by atoms with Gasteiger partial charge in [0, 0.05) is 18.4 Å². The van der Waals surface area contributed by atoms with E-state index in [1.807, 2.05) is 0 Å². The minimum atomic E-state index is 1.03. The van der Waals surface area contributed by atoms with E-state index >= 15 is 0 Å². The van der Waals surface area contributed by atoms with E-state index in [-0.39, 0.29) is 0 Å². The van der Waals surface area contributed by atoms with Gasteiger partial charge in [0.05, 0.1) is 10.2 Å². The van der Waals surface area contributed by atoms with E-state index in [2.05, 4.69) is 52.9 Å². The molecule has 0 spiro atoms. The Kier molecular flexibility index (Phi) is 3.72. The molecule has 3 nitrogen and oxygen atoms in total. The minimum absolute atomic E-state index is 1.03. The normalized spacial score (nSPS) is 16.4. The Morgan fingerprint density at radius 3 is 2.86 bits per heavy atom. The van der Waals surface area contributed by atoms with Crippen molar-refractivity contribution in [2.45, 2.75) is 32.7 Å². The van der Waals surface area contributed by atoms with Gasteiger partial charge in [-0.1, -0.05) is 23.8 Å². The summed E-state index contributed by atoms with van der Waals surface area (Å²) in [6, 6.07) is 10.8. The second-order valence-electron chi connectivity index (χ2n) is 6.17. The standard InChI is InChI=1S/C18H21N3S/c1-14-7-8-16-17(12-14)22-18(19-16)21-11-5-6-15(21)13-20-9-3-2-4-10-20/h5-8,11-12H,2-4,9-10,13H2,1H3. The van der Waals surface area contributed by atoms with Gasteiger partial charge in [0.1, 0.15) is 0 Å². The number of aryl methyl sites for hydroxylation is 1. The largest absolute Gasteiger partial charge is 0.298 e. The molecule has 4 heteroatoms. The first kappa shape index (κ1) is 14.0. The van der Waals surface area contributed by atoms with Gasteiger partial charge in [-0.15, -0.1) is 0 Å². The van der Waals surface area contributed by atoms with Crippen molar-refractivity contribution in [2.24, 2.45) is 0 Å². The lowest BCUT2D eigenvalue weighted by Gasteiger charge is -2.26. The first-order valence-electron chi connectivity index (χ1n) is 8.06. The predicted molar refractivity (Wildman–Crippen MR) is 92.8 cm³/mol. The van der Waals surface area contributed by atoms with Gasteiger partial charge in [0.25, 0.3) is 0 Å². The van der Waals surface area contributed by atoms with Crippen LogP contribution in [0.2, 0.25) is 0 Å². The zero-order valence-electron chi connectivity index (χ0n) is 13.0. The molecule has 3 aromatic rings. The van der Waals surface area contributed by atoms with Crippen LogP contribution < -0.4 is 0 Å². The van der Waals surface area contributed by atoms with E-state index in [1.54, 1.807) is 11.3 Å². The Balaban J connectivity index is 1.65. The summed E-state index contributed by atoms with van der Waals surface area (Å²) in [5.74, 6) is 0. The molecule has 22 heavy (non-hydrogen) atoms. The van der Waals surface area contributed by atoms with E-state index in [0.717, 1.165) is 17.2 Å². The molecule has 0 aliphatic carbocycles. The number of rotatable bonds is 3. The van der Waals surface area contributed by atoms with E-state index in [0.29, 0.717) is 0 Å². The summed E-state index contributed by atoms with van der Waals surface area (Å²) < 4.78 is 3.53. The average Bonchev–Trinajstić information content (AvgIpc) is 3.14. The number of fused-ring (bicyclic) bond motifs is 1. The van der Waals surface area contributed by atoms with Crippen LogP contribution in [-0.4, -0.2) is 27.5 Å². The molecule has 0 radical (unpaired) electrons. The molecular formula is C18H21N3S. The Hall–Kier alpha value is -1.65. The molecule has 1 fully saturated rings. The lowest BCUT2D eigenvalue weighted by atomic mass is 10.1. The van der Waals surface area contributed by atoms with Gasteiger partial charge in [-0.25, -0.2) is 4.98 Å². The number of hydrogen-bond donors (Lipinski definition) is 0. The maximum Gasteiger partial charge on any atom is 0.194 e. The highest BCUT2D eigenvalue weighted by molar-refractivity contribution is 7.20. The number of likely N-dealkylation sites (tertiary alicyclic amines) is 1. The molecular weight excluding hydrogens is 290 g/mol. The highest BCUT2D eigenvalue weighted by Gasteiger charge is 2.14. The van der Waals surface area contributed by atoms with Crippen molar-refractivity contribution in [1.82, 2.24) is 14.5 Å². The molecule has 114 valence electrons. The molecule has 0 bridgehead atoms. The monoisotopic (exact) mass is 311 g/mol. The van der Waals surface area contributed by atoms with E-state index in [4.69, 9.17) is 4.98 Å². The molecule has 3 heterocycles. The van der Waals surface area contributed by atoms with Gasteiger partial charge in [0.2, 0.25) is 0 Å². The van der Waals surface area contributed by atoms with Crippen molar-refractivity contribution in [3.05, 3.63) is 47.8 Å². The van der Waals surface area contributed by atoms with E-state index < -0.39 is 0 Å². The van der Waals surface area contributed by atoms with Crippen LogP contribution in [0.15, 0.2) is 36.5 Å². The second-order valence-corrected chi connectivity index (χ2v) is 7.18. The number of hydrogen-bond acceptors (Lipinski definition) is 3. The van der Waals surface area contributed by atoms with Crippen LogP contribution in [0.3, 0.4) is 0 Å². The van der Waals surface area contributed by atoms with Gasteiger partial charge >= 0.3 is 0 Å². The number of thiazole rings is 1. The average molecular weight is 311 g/mol. The highest BCUT2D eigenvalue weighted by Crippen LogP contribution is 2.27. The van der Waals surface area contributed by atoms with E-state index in [9.17, 15) is 0 Å². The van der Waals surface area contributed by atoms with Crippen LogP contribution in [-0.2, 0) is 6.54 Å². The van der Waals surface area contributed by atoms with Crippen molar-refractivity contribution < 1.29 is 0 Å². The molecule has 1 aliphatic rings. The molecule has 0 unspecified atom stereocenters. The third-order valence-corrected chi connectivity index (χ3v) is 5.42. The second kappa shape index (κ2) is 5.86. The van der Waals surface area contributed by atoms with Crippen LogP contribution in [0.25, 0.3) is 15.3 Å². The van der Waals surface area contributed by atoms with Crippen molar-refractivity contribution in [1.29, 1.82) is 0 Å². The van der Waals surface area contributed by atoms with Gasteiger partial charge in [-0.05, 0) is 62.7 Å². The van der Waals surface area contributed by atoms with Crippen LogP contribution in [0.1, 0.15) is 30.5 Å². The summed E-state index contributed by atoms with van der Waals surface area (Å²) in [5, 5.41) is 1.08. The quantitative estimate of drug-likeness (QED) is 0.715. The van der Waals surface area contributed by atoms with Crippen LogP contribution in [0.5, 0.6) is 0 Å². The Labute approximate surface area is 135 Å². The third-order valence-electron chi connectivity index (χ3n) is 4.41. The maximum absolute atomic E-state index is 4.81. The summed E-state index contributed by atoms with van der Waals surface area (Å²) in [6.45, 7) is 5.62. The van der Waals surface area contributed by atoms with E-state index in [1.165, 1.54) is 48.3 Å². The zero-order valence-corrected chi connectivity index (χ0v) is 13.8. The topological polar surface area (TPSA) is 21.1 Å². The number of nitrogens with zero attached hydrogens (tertiary/aromatic N) is 3. The molecule has 1 aliphatic heterocycles. The molecule has 0 atom stereocenters. The summed E-state index contributed by atoms with van der Waals surface area (Å²) in [5.41, 5.74) is 3.74. The van der Waals surface area contributed by atoms with Gasteiger partial charge in [0.15, 0.2) is 5.13 Å². The first-order chi connectivity index (χ1) is 10.8. The smallest absolute Gasteiger partial charge is 0.194 e. The Morgan fingerprint density at radius 2 is 2.00 bits per heavy atom. The van der Waals surface area contributed by atoms with Gasteiger partial charge in [-0.2, -0.15) is 0 Å². The number of aromatic nitrogens is 2. The predicted octanol–water partition coefficient (Wildman–Crippen LogP) is 4.38. The Morgan fingerprint density at radius 1 is 1.14 bits per heavy atom. The summed E-state index contributed by atoms with van der Waals surface area (Å²) in [4.78, 5) is 7.38. The molecule has 0 saturated carbocycles. The molecule has 1 aromatic carbocycles. The summed E-state index contributed by atoms with van der Waals surface area (Å²) >= 11 is 1.78. The fourth-order valence-corrected chi connectivity index (χ4v) is 4.28. The molecule has 1 saturated heterocycles. The fraction of sp³-hybridized carbons (Fsp3) is 0.389.